The molecule has 0 aliphatic carbocycles. The summed E-state index contributed by atoms with van der Waals surface area (Å²) in [5.41, 5.74) is 3.37. The van der Waals surface area contributed by atoms with Crippen LogP contribution >= 0.6 is 11.6 Å². The van der Waals surface area contributed by atoms with Gasteiger partial charge in [-0.2, -0.15) is 0 Å². The number of benzene rings is 1. The lowest BCUT2D eigenvalue weighted by atomic mass is 10.1. The Morgan fingerprint density at radius 3 is 2.84 bits per heavy atom. The molecule has 19 heavy (non-hydrogen) atoms. The van der Waals surface area contributed by atoms with Gasteiger partial charge in [0.05, 0.1) is 10.7 Å². The molecule has 0 bridgehead atoms. The molecule has 0 saturated heterocycles. The predicted octanol–water partition coefficient (Wildman–Crippen LogP) is 3.86. The number of hydrogen-bond acceptors (Lipinski definition) is 2. The van der Waals surface area contributed by atoms with Crippen LogP contribution in [0.25, 0.3) is 16.9 Å². The molecule has 0 saturated carbocycles. The molecule has 0 aliphatic rings. The molecule has 3 rings (SSSR count). The fourth-order valence-corrected chi connectivity index (χ4v) is 2.46. The Morgan fingerprint density at radius 1 is 1.26 bits per heavy atom. The first kappa shape index (κ1) is 11.9. The maximum Gasteiger partial charge on any atom is 0.161 e. The Hall–Kier alpha value is -2.13. The zero-order valence-corrected chi connectivity index (χ0v) is 11.1. The molecule has 0 unspecified atom stereocenters. The molecule has 0 N–H and O–H groups in total. The average molecular weight is 271 g/mol. The lowest BCUT2D eigenvalue weighted by Crippen LogP contribution is -1.95. The monoisotopic (exact) mass is 270 g/mol. The lowest BCUT2D eigenvalue weighted by Gasteiger charge is -2.07. The number of nitrogens with zero attached hydrogens (tertiary/aromatic N) is 2. The van der Waals surface area contributed by atoms with E-state index in [-0.39, 0.29) is 5.78 Å². The second-order valence-corrected chi connectivity index (χ2v) is 4.72. The molecule has 0 atom stereocenters. The number of carbonyl (C=O) groups excluding carboxylic acids is 1. The smallest absolute Gasteiger partial charge is 0.161 e. The second kappa shape index (κ2) is 4.52. The third-order valence-electron chi connectivity index (χ3n) is 3.07. The van der Waals surface area contributed by atoms with Gasteiger partial charge in [-0.05, 0) is 31.2 Å². The molecular formula is C15H11ClN2O. The van der Waals surface area contributed by atoms with E-state index in [2.05, 4.69) is 4.98 Å². The largest absolute Gasteiger partial charge is 0.300 e. The minimum atomic E-state index is -0.0302. The number of aromatic nitrogens is 2. The van der Waals surface area contributed by atoms with E-state index in [0.717, 1.165) is 16.9 Å². The summed E-state index contributed by atoms with van der Waals surface area (Å²) in [5, 5.41) is 0.474. The molecule has 94 valence electrons. The first-order valence-corrected chi connectivity index (χ1v) is 6.27. The van der Waals surface area contributed by atoms with E-state index in [1.807, 2.05) is 40.9 Å². The summed E-state index contributed by atoms with van der Waals surface area (Å²) < 4.78 is 1.99. The highest BCUT2D eigenvalue weighted by Gasteiger charge is 2.09. The van der Waals surface area contributed by atoms with Crippen molar-refractivity contribution in [2.75, 3.05) is 0 Å². The van der Waals surface area contributed by atoms with Gasteiger partial charge in [0.25, 0.3) is 0 Å². The zero-order valence-electron chi connectivity index (χ0n) is 10.3. The van der Waals surface area contributed by atoms with Crippen LogP contribution in [0.5, 0.6) is 0 Å². The summed E-state index contributed by atoms with van der Waals surface area (Å²) in [7, 11) is 0. The number of pyridine rings is 1. The van der Waals surface area contributed by atoms with Crippen LogP contribution in [0.2, 0.25) is 5.02 Å². The standard InChI is InChI=1S/C15H11ClN2O/c1-10(19)12-6-5-11(9-13(12)16)14-3-2-4-15-17-7-8-18(14)15/h2-9H,1H3. The van der Waals surface area contributed by atoms with Crippen LogP contribution in [-0.2, 0) is 0 Å². The molecule has 0 radical (unpaired) electrons. The lowest BCUT2D eigenvalue weighted by molar-refractivity contribution is 0.101. The van der Waals surface area contributed by atoms with Crippen molar-refractivity contribution in [1.29, 1.82) is 0 Å². The summed E-state index contributed by atoms with van der Waals surface area (Å²) >= 11 is 6.15. The molecule has 0 fully saturated rings. The highest BCUT2D eigenvalue weighted by Crippen LogP contribution is 2.26. The van der Waals surface area contributed by atoms with E-state index in [9.17, 15) is 4.79 Å². The molecule has 4 heteroatoms. The van der Waals surface area contributed by atoms with E-state index in [1.165, 1.54) is 6.92 Å². The normalized spacial score (nSPS) is 10.8. The number of hydrogen-bond donors (Lipinski definition) is 0. The quantitative estimate of drug-likeness (QED) is 0.663. The fourth-order valence-electron chi connectivity index (χ4n) is 2.14. The minimum absolute atomic E-state index is 0.0302. The topological polar surface area (TPSA) is 34.4 Å². The van der Waals surface area contributed by atoms with Crippen molar-refractivity contribution in [2.24, 2.45) is 0 Å². The van der Waals surface area contributed by atoms with Gasteiger partial charge in [-0.15, -0.1) is 0 Å². The molecule has 2 aromatic heterocycles. The number of halogens is 1. The SMILES string of the molecule is CC(=O)c1ccc(-c2cccc3nccn23)cc1Cl. The van der Waals surface area contributed by atoms with Crippen LogP contribution < -0.4 is 0 Å². The third kappa shape index (κ3) is 2.02. The Kier molecular flexibility index (Phi) is 2.84. The highest BCUT2D eigenvalue weighted by molar-refractivity contribution is 6.34. The van der Waals surface area contributed by atoms with Crippen molar-refractivity contribution in [1.82, 2.24) is 9.38 Å². The molecule has 0 aliphatic heterocycles. The van der Waals surface area contributed by atoms with Gasteiger partial charge in [0.1, 0.15) is 5.65 Å². The molecule has 1 aromatic carbocycles. The third-order valence-corrected chi connectivity index (χ3v) is 3.39. The van der Waals surface area contributed by atoms with E-state index < -0.39 is 0 Å². The van der Waals surface area contributed by atoms with E-state index in [0.29, 0.717) is 10.6 Å². The van der Waals surface area contributed by atoms with Crippen molar-refractivity contribution in [3.63, 3.8) is 0 Å². The zero-order chi connectivity index (χ0) is 13.4. The number of imidazole rings is 1. The average Bonchev–Trinajstić information content (AvgIpc) is 2.86. The van der Waals surface area contributed by atoms with Gasteiger partial charge in [0, 0.05) is 23.5 Å². The number of fused-ring (bicyclic) bond motifs is 1. The van der Waals surface area contributed by atoms with Gasteiger partial charge < -0.3 is 0 Å². The van der Waals surface area contributed by atoms with Gasteiger partial charge in [-0.3, -0.25) is 9.20 Å². The summed E-state index contributed by atoms with van der Waals surface area (Å²) in [4.78, 5) is 15.6. The van der Waals surface area contributed by atoms with Crippen molar-refractivity contribution >= 4 is 23.0 Å². The van der Waals surface area contributed by atoms with Crippen LogP contribution in [0.4, 0.5) is 0 Å². The summed E-state index contributed by atoms with van der Waals surface area (Å²) in [6.45, 7) is 1.51. The number of Topliss-reactive ketones (excluding diaryl/α,β-unsaturated/α-hetero) is 1. The van der Waals surface area contributed by atoms with Gasteiger partial charge >= 0.3 is 0 Å². The maximum atomic E-state index is 11.4. The van der Waals surface area contributed by atoms with Crippen molar-refractivity contribution in [2.45, 2.75) is 6.92 Å². The number of rotatable bonds is 2. The van der Waals surface area contributed by atoms with Gasteiger partial charge in [0.15, 0.2) is 5.78 Å². The van der Waals surface area contributed by atoms with Crippen LogP contribution in [-0.4, -0.2) is 15.2 Å². The first-order valence-electron chi connectivity index (χ1n) is 5.90. The molecule has 0 spiro atoms. The molecule has 0 amide bonds. The van der Waals surface area contributed by atoms with E-state index >= 15 is 0 Å². The van der Waals surface area contributed by atoms with Crippen LogP contribution in [0.1, 0.15) is 17.3 Å². The number of ketones is 1. The second-order valence-electron chi connectivity index (χ2n) is 4.32. The van der Waals surface area contributed by atoms with Crippen molar-refractivity contribution in [3.8, 4) is 11.3 Å². The van der Waals surface area contributed by atoms with Gasteiger partial charge in [-0.1, -0.05) is 23.7 Å². The first-order chi connectivity index (χ1) is 9.16. The van der Waals surface area contributed by atoms with Crippen LogP contribution in [0, 0.1) is 0 Å². The van der Waals surface area contributed by atoms with Crippen molar-refractivity contribution in [3.05, 3.63) is 59.4 Å². The molecule has 2 heterocycles. The molecule has 3 aromatic rings. The fraction of sp³-hybridized carbons (Fsp3) is 0.0667. The van der Waals surface area contributed by atoms with E-state index in [4.69, 9.17) is 11.6 Å². The maximum absolute atomic E-state index is 11.4. The van der Waals surface area contributed by atoms with Crippen molar-refractivity contribution < 1.29 is 4.79 Å². The summed E-state index contributed by atoms with van der Waals surface area (Å²) in [6, 6.07) is 11.4. The summed E-state index contributed by atoms with van der Waals surface area (Å²) in [5.74, 6) is -0.0302. The van der Waals surface area contributed by atoms with Crippen LogP contribution in [0.15, 0.2) is 48.8 Å². The highest BCUT2D eigenvalue weighted by atomic mass is 35.5. The van der Waals surface area contributed by atoms with Gasteiger partial charge in [0.2, 0.25) is 0 Å². The Labute approximate surface area is 115 Å². The molecule has 3 nitrogen and oxygen atoms in total. The van der Waals surface area contributed by atoms with Gasteiger partial charge in [-0.25, -0.2) is 4.98 Å². The predicted molar refractivity (Wildman–Crippen MR) is 75.6 cm³/mol. The number of carbonyl (C=O) groups is 1. The molecular weight excluding hydrogens is 260 g/mol. The minimum Gasteiger partial charge on any atom is -0.300 e. The Morgan fingerprint density at radius 2 is 2.11 bits per heavy atom. The Bertz CT molecular complexity index is 777. The van der Waals surface area contributed by atoms with Crippen LogP contribution in [0.3, 0.4) is 0 Å². The summed E-state index contributed by atoms with van der Waals surface area (Å²) in [6.07, 6.45) is 3.65. The Balaban J connectivity index is 2.19. The van der Waals surface area contributed by atoms with E-state index in [1.54, 1.807) is 12.3 Å².